The second kappa shape index (κ2) is 8.86. The Kier molecular flexibility index (Phi) is 7.77. The van der Waals surface area contributed by atoms with Crippen molar-refractivity contribution >= 4 is 0 Å². The number of nitrogens with one attached hydrogen (secondary N) is 1. The average molecular weight is 244 g/mol. The van der Waals surface area contributed by atoms with E-state index in [2.05, 4.69) is 24.2 Å². The molecule has 0 aromatic heterocycles. The van der Waals surface area contributed by atoms with Gasteiger partial charge in [-0.1, -0.05) is 6.92 Å². The Bertz CT molecular complexity index is 184. The molecule has 2 atom stereocenters. The molecule has 0 aromatic carbocycles. The fraction of sp³-hybridized carbons (Fsp3) is 1.00. The number of hydrogen-bond acceptors (Lipinski definition) is 4. The molecule has 4 nitrogen and oxygen atoms in total. The summed E-state index contributed by atoms with van der Waals surface area (Å²) >= 11 is 0. The summed E-state index contributed by atoms with van der Waals surface area (Å²) in [7, 11) is 2.13. The smallest absolute Gasteiger partial charge is 0.0702 e. The molecule has 1 heterocycles. The van der Waals surface area contributed by atoms with Gasteiger partial charge in [-0.3, -0.25) is 0 Å². The molecule has 2 N–H and O–H groups in total. The highest BCUT2D eigenvalue weighted by atomic mass is 16.5. The van der Waals surface area contributed by atoms with Crippen molar-refractivity contribution in [2.24, 2.45) is 0 Å². The molecule has 1 saturated heterocycles. The highest BCUT2D eigenvalue weighted by Crippen LogP contribution is 2.12. The lowest BCUT2D eigenvalue weighted by Crippen LogP contribution is -2.38. The second-order valence-electron chi connectivity index (χ2n) is 5.02. The molecule has 0 saturated carbocycles. The third kappa shape index (κ3) is 6.36. The van der Waals surface area contributed by atoms with Gasteiger partial charge in [-0.05, 0) is 45.8 Å². The Balaban J connectivity index is 2.09. The summed E-state index contributed by atoms with van der Waals surface area (Å²) in [6.45, 7) is 6.32. The van der Waals surface area contributed by atoms with Crippen molar-refractivity contribution in [2.45, 2.75) is 44.8 Å². The van der Waals surface area contributed by atoms with Crippen LogP contribution in [0.1, 0.15) is 32.6 Å². The SMILES string of the molecule is CCCNC(CO)CCN(C)CC1CCCO1. The first-order valence-electron chi connectivity index (χ1n) is 6.90. The fourth-order valence-corrected chi connectivity index (χ4v) is 2.21. The van der Waals surface area contributed by atoms with Gasteiger partial charge in [-0.25, -0.2) is 0 Å². The minimum atomic E-state index is 0.230. The summed E-state index contributed by atoms with van der Waals surface area (Å²) < 4.78 is 5.61. The van der Waals surface area contributed by atoms with Gasteiger partial charge in [0.05, 0.1) is 12.7 Å². The first-order chi connectivity index (χ1) is 8.26. The zero-order valence-corrected chi connectivity index (χ0v) is 11.3. The van der Waals surface area contributed by atoms with E-state index in [1.54, 1.807) is 0 Å². The minimum absolute atomic E-state index is 0.230. The van der Waals surface area contributed by atoms with Crippen LogP contribution in [0.3, 0.4) is 0 Å². The molecule has 0 aliphatic carbocycles. The van der Waals surface area contributed by atoms with E-state index in [1.807, 2.05) is 0 Å². The van der Waals surface area contributed by atoms with Gasteiger partial charge in [-0.15, -0.1) is 0 Å². The van der Waals surface area contributed by atoms with Crippen molar-refractivity contribution in [1.29, 1.82) is 0 Å². The molecule has 0 aromatic rings. The summed E-state index contributed by atoms with van der Waals surface area (Å²) in [5.74, 6) is 0. The zero-order valence-electron chi connectivity index (χ0n) is 11.3. The molecular formula is C13H28N2O2. The lowest BCUT2D eigenvalue weighted by molar-refractivity contribution is 0.0792. The Hall–Kier alpha value is -0.160. The van der Waals surface area contributed by atoms with Crippen LogP contribution in [-0.2, 0) is 4.74 Å². The van der Waals surface area contributed by atoms with Crippen molar-refractivity contribution in [3.05, 3.63) is 0 Å². The number of likely N-dealkylation sites (N-methyl/N-ethyl adjacent to an activating group) is 1. The summed E-state index contributed by atoms with van der Waals surface area (Å²) in [5, 5.41) is 12.6. The highest BCUT2D eigenvalue weighted by molar-refractivity contribution is 4.71. The molecule has 2 unspecified atom stereocenters. The van der Waals surface area contributed by atoms with Crippen molar-refractivity contribution in [3.63, 3.8) is 0 Å². The number of hydrogen-bond donors (Lipinski definition) is 2. The number of rotatable bonds is 9. The van der Waals surface area contributed by atoms with Crippen LogP contribution >= 0.6 is 0 Å². The zero-order chi connectivity index (χ0) is 12.5. The number of nitrogens with zero attached hydrogens (tertiary/aromatic N) is 1. The van der Waals surface area contributed by atoms with Crippen LogP contribution in [0, 0.1) is 0 Å². The van der Waals surface area contributed by atoms with Crippen molar-refractivity contribution < 1.29 is 9.84 Å². The van der Waals surface area contributed by atoms with E-state index in [9.17, 15) is 5.11 Å². The lowest BCUT2D eigenvalue weighted by atomic mass is 10.2. The topological polar surface area (TPSA) is 44.7 Å². The van der Waals surface area contributed by atoms with Gasteiger partial charge in [0.15, 0.2) is 0 Å². The molecule has 1 rings (SSSR count). The Morgan fingerprint density at radius 1 is 1.53 bits per heavy atom. The first-order valence-corrected chi connectivity index (χ1v) is 6.90. The Morgan fingerprint density at radius 2 is 2.35 bits per heavy atom. The van der Waals surface area contributed by atoms with Crippen molar-refractivity contribution in [1.82, 2.24) is 10.2 Å². The van der Waals surface area contributed by atoms with E-state index >= 15 is 0 Å². The van der Waals surface area contributed by atoms with Gasteiger partial charge in [0.25, 0.3) is 0 Å². The van der Waals surface area contributed by atoms with Crippen molar-refractivity contribution in [3.8, 4) is 0 Å². The summed E-state index contributed by atoms with van der Waals surface area (Å²) in [6.07, 6.45) is 4.94. The third-order valence-electron chi connectivity index (χ3n) is 3.30. The summed E-state index contributed by atoms with van der Waals surface area (Å²) in [5.41, 5.74) is 0. The molecule has 102 valence electrons. The number of ether oxygens (including phenoxy) is 1. The van der Waals surface area contributed by atoms with Gasteiger partial charge >= 0.3 is 0 Å². The van der Waals surface area contributed by atoms with E-state index in [0.717, 1.165) is 39.1 Å². The molecule has 1 fully saturated rings. The second-order valence-corrected chi connectivity index (χ2v) is 5.02. The quantitative estimate of drug-likeness (QED) is 0.631. The van der Waals surface area contributed by atoms with E-state index < -0.39 is 0 Å². The van der Waals surface area contributed by atoms with Crippen LogP contribution in [0.5, 0.6) is 0 Å². The summed E-state index contributed by atoms with van der Waals surface area (Å²) in [4.78, 5) is 2.31. The largest absolute Gasteiger partial charge is 0.395 e. The van der Waals surface area contributed by atoms with E-state index in [-0.39, 0.29) is 12.6 Å². The van der Waals surface area contributed by atoms with E-state index in [1.165, 1.54) is 12.8 Å². The number of aliphatic hydroxyl groups is 1. The van der Waals surface area contributed by atoms with Crippen LogP contribution < -0.4 is 5.32 Å². The highest BCUT2D eigenvalue weighted by Gasteiger charge is 2.17. The standard InChI is InChI=1S/C13H28N2O2/c1-3-7-14-12(11-16)6-8-15(2)10-13-5-4-9-17-13/h12-14,16H,3-11H2,1-2H3. The maximum Gasteiger partial charge on any atom is 0.0702 e. The molecule has 1 aliphatic heterocycles. The van der Waals surface area contributed by atoms with Crippen LogP contribution in [-0.4, -0.2) is 62.0 Å². The van der Waals surface area contributed by atoms with Gasteiger partial charge in [0, 0.05) is 19.2 Å². The predicted molar refractivity (Wildman–Crippen MR) is 70.3 cm³/mol. The molecule has 17 heavy (non-hydrogen) atoms. The van der Waals surface area contributed by atoms with Gasteiger partial charge < -0.3 is 20.1 Å². The average Bonchev–Trinajstić information content (AvgIpc) is 2.82. The molecule has 0 radical (unpaired) electrons. The van der Waals surface area contributed by atoms with Crippen LogP contribution in [0.25, 0.3) is 0 Å². The normalized spacial score (nSPS) is 22.2. The Labute approximate surface area is 105 Å². The van der Waals surface area contributed by atoms with E-state index in [4.69, 9.17) is 4.74 Å². The fourth-order valence-electron chi connectivity index (χ4n) is 2.21. The van der Waals surface area contributed by atoms with Gasteiger partial charge in [0.1, 0.15) is 0 Å². The van der Waals surface area contributed by atoms with Crippen molar-refractivity contribution in [2.75, 3.05) is 39.9 Å². The Morgan fingerprint density at radius 3 is 2.94 bits per heavy atom. The lowest BCUT2D eigenvalue weighted by Gasteiger charge is -2.23. The molecule has 0 spiro atoms. The molecule has 4 heteroatoms. The third-order valence-corrected chi connectivity index (χ3v) is 3.30. The predicted octanol–water partition coefficient (Wildman–Crippen LogP) is 0.848. The van der Waals surface area contributed by atoms with Gasteiger partial charge in [-0.2, -0.15) is 0 Å². The van der Waals surface area contributed by atoms with Gasteiger partial charge in [0.2, 0.25) is 0 Å². The molecule has 0 bridgehead atoms. The van der Waals surface area contributed by atoms with E-state index in [0.29, 0.717) is 6.10 Å². The number of aliphatic hydroxyl groups excluding tert-OH is 1. The molecular weight excluding hydrogens is 216 g/mol. The minimum Gasteiger partial charge on any atom is -0.395 e. The monoisotopic (exact) mass is 244 g/mol. The van der Waals surface area contributed by atoms with Crippen LogP contribution in [0.15, 0.2) is 0 Å². The van der Waals surface area contributed by atoms with Crippen LogP contribution in [0.2, 0.25) is 0 Å². The maximum absolute atomic E-state index is 9.24. The summed E-state index contributed by atoms with van der Waals surface area (Å²) in [6, 6.07) is 0.238. The van der Waals surface area contributed by atoms with Crippen LogP contribution in [0.4, 0.5) is 0 Å². The maximum atomic E-state index is 9.24. The molecule has 0 amide bonds. The first kappa shape index (κ1) is 14.9. The molecule has 1 aliphatic rings.